The highest BCUT2D eigenvalue weighted by molar-refractivity contribution is 5.95. The van der Waals surface area contributed by atoms with Crippen molar-refractivity contribution in [2.45, 2.75) is 13.3 Å². The largest absolute Gasteiger partial charge is 0.371 e. The molecule has 0 bridgehead atoms. The Kier molecular flexibility index (Phi) is 10.9. The van der Waals surface area contributed by atoms with Gasteiger partial charge in [-0.1, -0.05) is 12.1 Å². The normalized spacial score (nSPS) is 10.1. The van der Waals surface area contributed by atoms with Crippen molar-refractivity contribution in [3.05, 3.63) is 83.6 Å². The number of aliphatic hydroxyl groups excluding tert-OH is 1. The summed E-state index contributed by atoms with van der Waals surface area (Å²) in [6.45, 7) is 2.17. The van der Waals surface area contributed by atoms with Crippen molar-refractivity contribution in [2.24, 2.45) is 7.05 Å². The Labute approximate surface area is 202 Å². The van der Waals surface area contributed by atoms with Crippen LogP contribution in [0.3, 0.4) is 0 Å². The number of nitrogens with zero attached hydrogens (tertiary/aromatic N) is 3. The van der Waals surface area contributed by atoms with Crippen LogP contribution in [-0.4, -0.2) is 51.4 Å². The Hall–Kier alpha value is -3.73. The molecule has 10 heteroatoms. The van der Waals surface area contributed by atoms with Crippen molar-refractivity contribution >= 4 is 28.6 Å². The molecule has 0 aliphatic rings. The number of carbonyl (C=O) groups excluding carboxylic acids is 1. The zero-order valence-corrected chi connectivity index (χ0v) is 19.8. The van der Waals surface area contributed by atoms with E-state index in [0.717, 1.165) is 35.7 Å². The van der Waals surface area contributed by atoms with Gasteiger partial charge >= 0.3 is 0 Å². The van der Waals surface area contributed by atoms with Crippen LogP contribution in [0.2, 0.25) is 0 Å². The molecular weight excluding hydrogens is 456 g/mol. The first kappa shape index (κ1) is 27.5. The van der Waals surface area contributed by atoms with Gasteiger partial charge in [0.05, 0.1) is 28.9 Å². The van der Waals surface area contributed by atoms with Crippen molar-refractivity contribution in [3.8, 4) is 0 Å². The minimum absolute atomic E-state index is 0.143. The van der Waals surface area contributed by atoms with Gasteiger partial charge in [0, 0.05) is 37.7 Å². The Morgan fingerprint density at radius 3 is 2.40 bits per heavy atom. The molecule has 0 atom stereocenters. The number of fused-ring (bicyclic) bond motifs is 1. The summed E-state index contributed by atoms with van der Waals surface area (Å²) < 4.78 is 28.7. The van der Waals surface area contributed by atoms with E-state index in [1.807, 2.05) is 44.2 Å². The van der Waals surface area contributed by atoms with Crippen LogP contribution in [0.25, 0.3) is 10.9 Å². The standard InChI is InChI=1S/C17H12F2N2O.C7H13N3.CH4O2/c1-10-2-6-16(17-13(10)5-4-12(9-22)20-17)21-15-7-3-11(18)8-14(15)19;1-8-4-3-7-5-10(2)6-9-7;2-1-3/h2-9,21H,1H3;5-6,8H,3-4H2,1-2H3;2-3H,1H2. The van der Waals surface area contributed by atoms with E-state index in [1.54, 1.807) is 18.2 Å². The number of rotatable bonds is 6. The van der Waals surface area contributed by atoms with Crippen molar-refractivity contribution < 1.29 is 23.8 Å². The van der Waals surface area contributed by atoms with Gasteiger partial charge in [0.15, 0.2) is 6.29 Å². The molecule has 4 rings (SSSR count). The van der Waals surface area contributed by atoms with Crippen LogP contribution in [0, 0.1) is 18.6 Å². The van der Waals surface area contributed by atoms with Crippen LogP contribution in [0.15, 0.2) is 55.0 Å². The number of benzene rings is 2. The first-order valence-corrected chi connectivity index (χ1v) is 10.7. The fourth-order valence-electron chi connectivity index (χ4n) is 3.13. The summed E-state index contributed by atoms with van der Waals surface area (Å²) >= 11 is 0. The molecule has 35 heavy (non-hydrogen) atoms. The average molecular weight is 486 g/mol. The molecule has 0 fully saturated rings. The predicted octanol–water partition coefficient (Wildman–Crippen LogP) is 3.49. The lowest BCUT2D eigenvalue weighted by Gasteiger charge is -2.12. The Morgan fingerprint density at radius 1 is 1.09 bits per heavy atom. The quantitative estimate of drug-likeness (QED) is 0.244. The van der Waals surface area contributed by atoms with E-state index in [2.05, 4.69) is 20.6 Å². The summed E-state index contributed by atoms with van der Waals surface area (Å²) in [5.74, 6) is -1.33. The monoisotopic (exact) mass is 485 g/mol. The number of likely N-dealkylation sites (N-methyl/N-ethyl adjacent to an activating group) is 1. The van der Waals surface area contributed by atoms with Crippen LogP contribution in [-0.2, 0) is 13.5 Å². The van der Waals surface area contributed by atoms with Crippen molar-refractivity contribution in [2.75, 3.05) is 25.7 Å². The molecule has 0 saturated heterocycles. The molecule has 2 heterocycles. The molecule has 2 aromatic carbocycles. The van der Waals surface area contributed by atoms with Crippen molar-refractivity contribution in [1.29, 1.82) is 0 Å². The highest BCUT2D eigenvalue weighted by atomic mass is 19.1. The minimum Gasteiger partial charge on any atom is -0.371 e. The first-order chi connectivity index (χ1) is 16.8. The van der Waals surface area contributed by atoms with E-state index < -0.39 is 18.4 Å². The zero-order valence-electron chi connectivity index (χ0n) is 19.8. The number of hydrogen-bond acceptors (Lipinski definition) is 7. The first-order valence-electron chi connectivity index (χ1n) is 10.7. The van der Waals surface area contributed by atoms with Gasteiger partial charge in [-0.05, 0) is 43.8 Å². The molecule has 2 aromatic heterocycles. The number of hydrogen-bond donors (Lipinski definition) is 4. The zero-order chi connectivity index (χ0) is 25.8. The van der Waals surface area contributed by atoms with Crippen LogP contribution >= 0.6 is 0 Å². The lowest BCUT2D eigenvalue weighted by atomic mass is 10.1. The number of carbonyl (C=O) groups is 1. The van der Waals surface area contributed by atoms with Crippen molar-refractivity contribution in [3.63, 3.8) is 0 Å². The number of imidazole rings is 1. The van der Waals surface area contributed by atoms with E-state index in [4.69, 9.17) is 10.2 Å². The van der Waals surface area contributed by atoms with E-state index in [0.29, 0.717) is 23.2 Å². The van der Waals surface area contributed by atoms with Crippen LogP contribution in [0.1, 0.15) is 21.7 Å². The average Bonchev–Trinajstić information content (AvgIpc) is 3.26. The Balaban J connectivity index is 0.000000277. The van der Waals surface area contributed by atoms with Gasteiger partial charge in [-0.2, -0.15) is 0 Å². The number of nitrogens with one attached hydrogen (secondary N) is 2. The highest BCUT2D eigenvalue weighted by Crippen LogP contribution is 2.28. The van der Waals surface area contributed by atoms with Crippen LogP contribution < -0.4 is 10.6 Å². The van der Waals surface area contributed by atoms with E-state index in [-0.39, 0.29) is 5.69 Å². The molecule has 0 radical (unpaired) electrons. The fraction of sp³-hybridized carbons (Fsp3) is 0.240. The molecule has 186 valence electrons. The smallest absolute Gasteiger partial charge is 0.168 e. The lowest BCUT2D eigenvalue weighted by Crippen LogP contribution is -2.10. The third-order valence-electron chi connectivity index (χ3n) is 4.81. The SMILES string of the molecule is CNCCc1cn(C)cn1.Cc1ccc(Nc2ccc(F)cc2F)c2nc(C=O)ccc12.OCO. The van der Waals surface area contributed by atoms with E-state index in [9.17, 15) is 13.6 Å². The maximum atomic E-state index is 13.8. The number of aliphatic hydroxyl groups is 2. The second-order valence-corrected chi connectivity index (χ2v) is 7.45. The second-order valence-electron chi connectivity index (χ2n) is 7.45. The van der Waals surface area contributed by atoms with Gasteiger partial charge in [0.1, 0.15) is 24.1 Å². The molecule has 0 amide bonds. The molecule has 8 nitrogen and oxygen atoms in total. The Morgan fingerprint density at radius 2 is 1.80 bits per heavy atom. The maximum Gasteiger partial charge on any atom is 0.168 e. The predicted molar refractivity (Wildman–Crippen MR) is 132 cm³/mol. The topological polar surface area (TPSA) is 112 Å². The molecule has 4 aromatic rings. The third-order valence-corrected chi connectivity index (χ3v) is 4.81. The van der Waals surface area contributed by atoms with E-state index in [1.165, 1.54) is 12.1 Å². The van der Waals surface area contributed by atoms with Crippen LogP contribution in [0.5, 0.6) is 0 Å². The summed E-state index contributed by atoms with van der Waals surface area (Å²) in [6.07, 6.45) is 5.53. The summed E-state index contributed by atoms with van der Waals surface area (Å²) in [7, 11) is 3.93. The molecule has 0 saturated carbocycles. The molecular formula is C25H29F2N5O3. The van der Waals surface area contributed by atoms with Gasteiger partial charge in [-0.25, -0.2) is 18.7 Å². The Bertz CT molecular complexity index is 1250. The van der Waals surface area contributed by atoms with Gasteiger partial charge in [-0.3, -0.25) is 4.79 Å². The number of anilines is 2. The fourth-order valence-corrected chi connectivity index (χ4v) is 3.13. The molecule has 0 spiro atoms. The highest BCUT2D eigenvalue weighted by Gasteiger charge is 2.09. The van der Waals surface area contributed by atoms with Gasteiger partial charge in [-0.15, -0.1) is 0 Å². The van der Waals surface area contributed by atoms with E-state index >= 15 is 0 Å². The molecule has 0 unspecified atom stereocenters. The summed E-state index contributed by atoms with van der Waals surface area (Å²) in [6, 6.07) is 10.4. The second kappa shape index (κ2) is 13.9. The third kappa shape index (κ3) is 8.21. The molecule has 4 N–H and O–H groups in total. The number of aromatic nitrogens is 3. The minimum atomic E-state index is -0.750. The lowest BCUT2D eigenvalue weighted by molar-refractivity contribution is 0.0773. The molecule has 0 aliphatic carbocycles. The number of pyridine rings is 1. The maximum absolute atomic E-state index is 13.8. The summed E-state index contributed by atoms with van der Waals surface area (Å²) in [5.41, 5.74) is 3.69. The van der Waals surface area contributed by atoms with Gasteiger partial charge < -0.3 is 25.4 Å². The van der Waals surface area contributed by atoms with Gasteiger partial charge in [0.2, 0.25) is 0 Å². The summed E-state index contributed by atoms with van der Waals surface area (Å²) in [5, 5.41) is 21.1. The van der Waals surface area contributed by atoms with Gasteiger partial charge in [0.25, 0.3) is 0 Å². The number of aryl methyl sites for hydroxylation is 2. The molecule has 0 aliphatic heterocycles. The number of halogens is 2. The summed E-state index contributed by atoms with van der Waals surface area (Å²) in [4.78, 5) is 19.4. The van der Waals surface area contributed by atoms with Crippen molar-refractivity contribution in [1.82, 2.24) is 19.9 Å². The van der Waals surface area contributed by atoms with Crippen LogP contribution in [0.4, 0.5) is 20.2 Å². The number of aldehydes is 1.